The molecule has 3 atom stereocenters. The highest BCUT2D eigenvalue weighted by atomic mass is 35.5. The molecule has 3 fully saturated rings. The molecule has 6 heterocycles. The predicted octanol–water partition coefficient (Wildman–Crippen LogP) is 4.59. The van der Waals surface area contributed by atoms with Crippen LogP contribution >= 0.6 is 11.6 Å². The molecule has 0 radical (unpaired) electrons. The van der Waals surface area contributed by atoms with Gasteiger partial charge in [-0.05, 0) is 38.6 Å². The highest BCUT2D eigenvalue weighted by molar-refractivity contribution is 6.36. The number of aromatic nitrogens is 4. The van der Waals surface area contributed by atoms with E-state index in [2.05, 4.69) is 38.4 Å². The van der Waals surface area contributed by atoms with E-state index in [1.807, 2.05) is 17.0 Å². The molecule has 3 aliphatic heterocycles. The number of fused-ring (bicyclic) bond motifs is 3. The van der Waals surface area contributed by atoms with Gasteiger partial charge in [0.05, 0.1) is 5.39 Å². The number of benzene rings is 1. The van der Waals surface area contributed by atoms with Gasteiger partial charge in [-0.3, -0.25) is 14.8 Å². The van der Waals surface area contributed by atoms with Gasteiger partial charge in [0.2, 0.25) is 5.91 Å². The molecule has 0 spiro atoms. The molecule has 9 nitrogen and oxygen atoms in total. The van der Waals surface area contributed by atoms with Crippen molar-refractivity contribution in [3.8, 4) is 17.3 Å². The maximum absolute atomic E-state index is 16.5. The van der Waals surface area contributed by atoms with Crippen LogP contribution in [0.25, 0.3) is 32.9 Å². The van der Waals surface area contributed by atoms with Crippen LogP contribution in [0.1, 0.15) is 12.8 Å². The highest BCUT2D eigenvalue weighted by Gasteiger charge is 2.42. The molecule has 3 aromatic heterocycles. The van der Waals surface area contributed by atoms with E-state index in [0.717, 1.165) is 24.8 Å². The van der Waals surface area contributed by atoms with E-state index in [9.17, 15) is 4.79 Å². The van der Waals surface area contributed by atoms with Gasteiger partial charge in [0.25, 0.3) is 0 Å². The topological polar surface area (TPSA) is 87.6 Å². The number of likely N-dealkylation sites (N-methyl/N-ethyl adjacent to an activating group) is 1. The Morgan fingerprint density at radius 2 is 1.98 bits per heavy atom. The molecule has 0 aliphatic carbocycles. The Hall–Kier alpha value is -3.89. The summed E-state index contributed by atoms with van der Waals surface area (Å²) in [5.74, 6) is 0.554. The minimum absolute atomic E-state index is 0.0437. The number of amides is 1. The summed E-state index contributed by atoms with van der Waals surface area (Å²) in [6.45, 7) is 7.78. The van der Waals surface area contributed by atoms with E-state index in [0.29, 0.717) is 60.0 Å². The van der Waals surface area contributed by atoms with Crippen molar-refractivity contribution in [3.63, 3.8) is 0 Å². The summed E-state index contributed by atoms with van der Waals surface area (Å²) in [6.07, 6.45) is 8.43. The number of nitrogens with zero attached hydrogens (tertiary/aromatic N) is 7. The first-order chi connectivity index (χ1) is 20.4. The third kappa shape index (κ3) is 4.62. The number of pyridine rings is 2. The second-order valence-electron chi connectivity index (χ2n) is 11.5. The Labute approximate surface area is 248 Å². The van der Waals surface area contributed by atoms with Gasteiger partial charge in [-0.25, -0.2) is 4.39 Å². The molecule has 3 aliphatic rings. The molecule has 1 aromatic carbocycles. The summed E-state index contributed by atoms with van der Waals surface area (Å²) >= 11 is 6.56. The maximum Gasteiger partial charge on any atom is 0.319 e. The quantitative estimate of drug-likeness (QED) is 0.303. The average Bonchev–Trinajstić information content (AvgIpc) is 3.71. The summed E-state index contributed by atoms with van der Waals surface area (Å²) in [4.78, 5) is 36.8. The van der Waals surface area contributed by atoms with Crippen LogP contribution in [0.4, 0.5) is 10.2 Å². The fourth-order valence-electron chi connectivity index (χ4n) is 6.72. The number of carbonyl (C=O) groups is 1. The van der Waals surface area contributed by atoms with Gasteiger partial charge in [0.1, 0.15) is 23.6 Å². The Kier molecular flexibility index (Phi) is 6.90. The lowest BCUT2D eigenvalue weighted by Crippen LogP contribution is -2.33. The molecule has 7 rings (SSSR count). The van der Waals surface area contributed by atoms with Gasteiger partial charge in [0, 0.05) is 84.0 Å². The van der Waals surface area contributed by atoms with Gasteiger partial charge in [-0.1, -0.05) is 30.3 Å². The molecule has 1 amide bonds. The Morgan fingerprint density at radius 1 is 1.17 bits per heavy atom. The van der Waals surface area contributed by atoms with Gasteiger partial charge >= 0.3 is 6.01 Å². The fraction of sp³-hybridized carbons (Fsp3) is 0.387. The van der Waals surface area contributed by atoms with E-state index >= 15 is 4.39 Å². The normalized spacial score (nSPS) is 22.3. The Morgan fingerprint density at radius 3 is 2.71 bits per heavy atom. The minimum atomic E-state index is -0.574. The average molecular weight is 588 g/mol. The first-order valence-electron chi connectivity index (χ1n) is 14.3. The summed E-state index contributed by atoms with van der Waals surface area (Å²) < 4.78 is 22.7. The zero-order valence-corrected chi connectivity index (χ0v) is 24.1. The van der Waals surface area contributed by atoms with Gasteiger partial charge < -0.3 is 19.4 Å². The third-order valence-electron chi connectivity index (χ3n) is 8.98. The number of ether oxygens (including phenoxy) is 1. The van der Waals surface area contributed by atoms with E-state index in [1.54, 1.807) is 24.7 Å². The zero-order valence-electron chi connectivity index (χ0n) is 23.3. The van der Waals surface area contributed by atoms with Crippen molar-refractivity contribution < 1.29 is 13.9 Å². The predicted molar refractivity (Wildman–Crippen MR) is 160 cm³/mol. The SMILES string of the molecule is C=CC(=O)N1CC2CN(c3nc(OC[C@@H]4CCCN4C)nc4c(F)c(-c5cncc6cccc(Cl)c56)ncc34)CC2C1. The molecular weight excluding hydrogens is 557 g/mol. The second kappa shape index (κ2) is 10.7. The Balaban J connectivity index is 1.30. The van der Waals surface area contributed by atoms with Crippen LogP contribution in [0.2, 0.25) is 5.02 Å². The number of likely N-dealkylation sites (tertiary alicyclic amines) is 2. The highest BCUT2D eigenvalue weighted by Crippen LogP contribution is 2.39. The lowest BCUT2D eigenvalue weighted by atomic mass is 10.0. The molecule has 42 heavy (non-hydrogen) atoms. The van der Waals surface area contributed by atoms with Gasteiger partial charge in [-0.15, -0.1) is 0 Å². The molecule has 0 N–H and O–H groups in total. The van der Waals surface area contributed by atoms with Crippen molar-refractivity contribution in [2.24, 2.45) is 11.8 Å². The first-order valence-corrected chi connectivity index (χ1v) is 14.7. The van der Waals surface area contributed by atoms with Gasteiger partial charge in [0.15, 0.2) is 5.82 Å². The number of rotatable bonds is 6. The molecule has 3 saturated heterocycles. The molecular formula is C31H31ClFN7O2. The fourth-order valence-corrected chi connectivity index (χ4v) is 7.00. The third-order valence-corrected chi connectivity index (χ3v) is 9.29. The van der Waals surface area contributed by atoms with Crippen LogP contribution in [0.5, 0.6) is 6.01 Å². The largest absolute Gasteiger partial charge is 0.462 e. The first kappa shape index (κ1) is 27.0. The van der Waals surface area contributed by atoms with Crippen LogP contribution in [0.15, 0.2) is 49.4 Å². The second-order valence-corrected chi connectivity index (χ2v) is 11.9. The van der Waals surface area contributed by atoms with Crippen molar-refractivity contribution >= 4 is 45.0 Å². The molecule has 2 unspecified atom stereocenters. The number of hydrogen-bond donors (Lipinski definition) is 0. The monoisotopic (exact) mass is 587 g/mol. The summed E-state index contributed by atoms with van der Waals surface area (Å²) in [6, 6.07) is 5.89. The molecule has 11 heteroatoms. The molecule has 0 bridgehead atoms. The van der Waals surface area contributed by atoms with E-state index in [4.69, 9.17) is 21.3 Å². The van der Waals surface area contributed by atoms with Crippen molar-refractivity contribution in [1.82, 2.24) is 29.7 Å². The van der Waals surface area contributed by atoms with Crippen LogP contribution < -0.4 is 9.64 Å². The molecule has 0 saturated carbocycles. The van der Waals surface area contributed by atoms with Crippen LogP contribution in [-0.4, -0.2) is 88.1 Å². The summed E-state index contributed by atoms with van der Waals surface area (Å²) in [5.41, 5.74) is 0.761. The van der Waals surface area contributed by atoms with Crippen LogP contribution in [-0.2, 0) is 4.79 Å². The van der Waals surface area contributed by atoms with Crippen molar-refractivity contribution in [2.75, 3.05) is 51.3 Å². The van der Waals surface area contributed by atoms with Gasteiger partial charge in [-0.2, -0.15) is 9.97 Å². The minimum Gasteiger partial charge on any atom is -0.462 e. The maximum atomic E-state index is 16.5. The number of halogens is 2. The lowest BCUT2D eigenvalue weighted by molar-refractivity contribution is -0.125. The van der Waals surface area contributed by atoms with E-state index in [1.165, 1.54) is 6.08 Å². The van der Waals surface area contributed by atoms with Crippen molar-refractivity contribution in [3.05, 3.63) is 60.3 Å². The standard InChI is InChI=1S/C31H31ClFN7O2/c1-3-25(41)39-13-19-15-40(16-20(19)14-39)30-23-12-35-28(22-11-34-10-18-6-4-8-24(32)26(18)22)27(33)29(23)36-31(37-30)42-17-21-7-5-9-38(21)2/h3-4,6,8,10-12,19-21H,1,5,7,9,13-17H2,2H3/t19?,20?,21-/m0/s1. The zero-order chi connectivity index (χ0) is 29.0. The number of hydrogen-bond acceptors (Lipinski definition) is 8. The summed E-state index contributed by atoms with van der Waals surface area (Å²) in [5, 5.41) is 2.48. The molecule has 4 aromatic rings. The number of carbonyl (C=O) groups excluding carboxylic acids is 1. The van der Waals surface area contributed by atoms with Crippen molar-refractivity contribution in [1.29, 1.82) is 0 Å². The summed E-state index contributed by atoms with van der Waals surface area (Å²) in [7, 11) is 2.08. The van der Waals surface area contributed by atoms with Crippen molar-refractivity contribution in [2.45, 2.75) is 18.9 Å². The lowest BCUT2D eigenvalue weighted by Gasteiger charge is -2.24. The van der Waals surface area contributed by atoms with E-state index < -0.39 is 5.82 Å². The van der Waals surface area contributed by atoms with E-state index in [-0.39, 0.29) is 41.0 Å². The Bertz CT molecular complexity index is 1700. The number of anilines is 1. The smallest absolute Gasteiger partial charge is 0.319 e. The molecule has 216 valence electrons. The van der Waals surface area contributed by atoms with Crippen LogP contribution in [0.3, 0.4) is 0 Å². The van der Waals surface area contributed by atoms with Crippen LogP contribution in [0, 0.1) is 17.7 Å².